The van der Waals surface area contributed by atoms with E-state index in [1.165, 1.54) is 0 Å². The summed E-state index contributed by atoms with van der Waals surface area (Å²) < 4.78 is 0. The van der Waals surface area contributed by atoms with Crippen LogP contribution in [-0.4, -0.2) is 0 Å². The number of hydrogen-bond donors (Lipinski definition) is 4. The van der Waals surface area contributed by atoms with E-state index < -0.39 is 0 Å². The van der Waals surface area contributed by atoms with Gasteiger partial charge >= 0.3 is 0 Å². The van der Waals surface area contributed by atoms with Crippen molar-refractivity contribution in [1.82, 2.24) is 0 Å². The summed E-state index contributed by atoms with van der Waals surface area (Å²) in [5, 5.41) is 0. The van der Waals surface area contributed by atoms with Crippen molar-refractivity contribution >= 4 is 11.4 Å². The second kappa shape index (κ2) is 5.84. The Morgan fingerprint density at radius 2 is 0.800 bits per heavy atom. The van der Waals surface area contributed by atoms with Gasteiger partial charge in [0.25, 0.3) is 0 Å². The van der Waals surface area contributed by atoms with Crippen molar-refractivity contribution in [1.29, 1.82) is 0 Å². The fourth-order valence-electron chi connectivity index (χ4n) is 1.84. The van der Waals surface area contributed by atoms with Crippen LogP contribution in [0, 0.1) is 0 Å². The van der Waals surface area contributed by atoms with Gasteiger partial charge in [-0.2, -0.15) is 0 Å². The molecule has 0 aliphatic carbocycles. The van der Waals surface area contributed by atoms with Crippen LogP contribution in [0.5, 0.6) is 0 Å². The Morgan fingerprint density at radius 3 is 1.10 bits per heavy atom. The maximum Gasteiger partial charge on any atom is 0.0809 e. The summed E-state index contributed by atoms with van der Waals surface area (Å²) in [4.78, 5) is 0. The van der Waals surface area contributed by atoms with E-state index >= 15 is 0 Å². The summed E-state index contributed by atoms with van der Waals surface area (Å²) in [7, 11) is 0. The van der Waals surface area contributed by atoms with Crippen LogP contribution in [0.3, 0.4) is 0 Å². The van der Waals surface area contributed by atoms with Crippen molar-refractivity contribution < 1.29 is 0 Å². The Labute approximate surface area is 118 Å². The second-order valence-corrected chi connectivity index (χ2v) is 4.39. The van der Waals surface area contributed by atoms with Gasteiger partial charge in [-0.3, -0.25) is 0 Å². The van der Waals surface area contributed by atoms with Crippen LogP contribution in [0.1, 0.15) is 11.1 Å². The van der Waals surface area contributed by atoms with Crippen LogP contribution in [0.15, 0.2) is 72.1 Å². The molecule has 20 heavy (non-hydrogen) atoms. The molecule has 0 amide bonds. The van der Waals surface area contributed by atoms with Gasteiger partial charge < -0.3 is 22.9 Å². The molecular weight excluding hydrogens is 248 g/mol. The van der Waals surface area contributed by atoms with Gasteiger partial charge in [0.2, 0.25) is 0 Å². The molecule has 0 saturated carbocycles. The molecule has 0 aliphatic rings. The number of nitrogens with two attached hydrogens (primary N) is 4. The first-order valence-corrected chi connectivity index (χ1v) is 6.23. The van der Waals surface area contributed by atoms with E-state index in [0.29, 0.717) is 11.4 Å². The molecule has 0 spiro atoms. The van der Waals surface area contributed by atoms with Crippen molar-refractivity contribution in [2.75, 3.05) is 0 Å². The van der Waals surface area contributed by atoms with Crippen molar-refractivity contribution in [2.45, 2.75) is 0 Å². The van der Waals surface area contributed by atoms with Crippen LogP contribution in [0.25, 0.3) is 11.4 Å². The predicted molar refractivity (Wildman–Crippen MR) is 83.5 cm³/mol. The van der Waals surface area contributed by atoms with E-state index in [9.17, 15) is 0 Å². The van der Waals surface area contributed by atoms with Crippen LogP contribution < -0.4 is 22.9 Å². The summed E-state index contributed by atoms with van der Waals surface area (Å²) in [6, 6.07) is 18.8. The summed E-state index contributed by atoms with van der Waals surface area (Å²) in [6.45, 7) is 0. The van der Waals surface area contributed by atoms with Crippen LogP contribution in [0.2, 0.25) is 0 Å². The summed E-state index contributed by atoms with van der Waals surface area (Å²) >= 11 is 0. The van der Waals surface area contributed by atoms with Gasteiger partial charge in [-0.1, -0.05) is 60.7 Å². The topological polar surface area (TPSA) is 104 Å². The lowest BCUT2D eigenvalue weighted by Crippen LogP contribution is -2.19. The molecule has 4 heteroatoms. The average molecular weight is 266 g/mol. The van der Waals surface area contributed by atoms with Crippen LogP contribution in [0.4, 0.5) is 0 Å². The maximum absolute atomic E-state index is 6.04. The Morgan fingerprint density at radius 1 is 0.500 bits per heavy atom. The zero-order valence-corrected chi connectivity index (χ0v) is 11.1. The highest BCUT2D eigenvalue weighted by atomic mass is 14.8. The highest BCUT2D eigenvalue weighted by molar-refractivity contribution is 5.76. The smallest absolute Gasteiger partial charge is 0.0809 e. The van der Waals surface area contributed by atoms with Crippen LogP contribution in [-0.2, 0) is 0 Å². The molecule has 0 aliphatic heterocycles. The van der Waals surface area contributed by atoms with E-state index in [1.54, 1.807) is 0 Å². The molecular formula is C16H18N4. The fraction of sp³-hybridized carbons (Fsp3) is 0. The van der Waals surface area contributed by atoms with Gasteiger partial charge in [0, 0.05) is 0 Å². The van der Waals surface area contributed by atoms with Crippen molar-refractivity contribution in [3.05, 3.63) is 83.2 Å². The first-order valence-electron chi connectivity index (χ1n) is 6.23. The lowest BCUT2D eigenvalue weighted by Gasteiger charge is -2.11. The first-order chi connectivity index (χ1) is 9.61. The van der Waals surface area contributed by atoms with Gasteiger partial charge in [-0.25, -0.2) is 0 Å². The molecule has 0 saturated heterocycles. The van der Waals surface area contributed by atoms with E-state index in [1.807, 2.05) is 60.7 Å². The van der Waals surface area contributed by atoms with E-state index in [4.69, 9.17) is 22.9 Å². The average Bonchev–Trinajstić information content (AvgIpc) is 2.53. The normalized spacial score (nSPS) is 13.4. The summed E-state index contributed by atoms with van der Waals surface area (Å²) in [5.41, 5.74) is 27.2. The monoisotopic (exact) mass is 266 g/mol. The van der Waals surface area contributed by atoms with E-state index in [0.717, 1.165) is 11.1 Å². The quantitative estimate of drug-likeness (QED) is 0.633. The first kappa shape index (κ1) is 13.5. The van der Waals surface area contributed by atoms with Gasteiger partial charge in [0.1, 0.15) is 0 Å². The van der Waals surface area contributed by atoms with Gasteiger partial charge in [0.05, 0.1) is 22.8 Å². The van der Waals surface area contributed by atoms with Crippen molar-refractivity contribution in [3.8, 4) is 0 Å². The third kappa shape index (κ3) is 2.75. The molecule has 0 aromatic heterocycles. The fourth-order valence-corrected chi connectivity index (χ4v) is 1.84. The van der Waals surface area contributed by atoms with E-state index in [-0.39, 0.29) is 11.4 Å². The lowest BCUT2D eigenvalue weighted by atomic mass is 10.1. The second-order valence-electron chi connectivity index (χ2n) is 4.39. The summed E-state index contributed by atoms with van der Waals surface area (Å²) in [5.74, 6) is 0. The molecule has 0 heterocycles. The minimum Gasteiger partial charge on any atom is -0.397 e. The minimum atomic E-state index is 0.289. The molecule has 2 aromatic carbocycles. The highest BCUT2D eigenvalue weighted by Gasteiger charge is 2.09. The third-order valence-electron chi connectivity index (χ3n) is 3.04. The maximum atomic E-state index is 6.04. The van der Waals surface area contributed by atoms with Gasteiger partial charge in [0.15, 0.2) is 0 Å². The molecule has 0 bridgehead atoms. The standard InChI is InChI=1S/C16H18N4/c17-13(11-7-3-1-4-8-11)15(19)16(20)14(18)12-9-5-2-6-10-12/h1-10H,17-20H2/b15-13+,16-14+. The SMILES string of the molecule is NC(/C(N)=C(\N)c1ccccc1)=C(/N)c1ccccc1. The van der Waals surface area contributed by atoms with E-state index in [2.05, 4.69) is 0 Å². The number of hydrogen-bond acceptors (Lipinski definition) is 4. The van der Waals surface area contributed by atoms with Crippen molar-refractivity contribution in [3.63, 3.8) is 0 Å². The number of benzene rings is 2. The molecule has 0 unspecified atom stereocenters. The molecule has 0 fully saturated rings. The lowest BCUT2D eigenvalue weighted by molar-refractivity contribution is 1.22. The highest BCUT2D eigenvalue weighted by Crippen LogP contribution is 2.18. The largest absolute Gasteiger partial charge is 0.397 e. The Kier molecular flexibility index (Phi) is 3.96. The Bertz CT molecular complexity index is 583. The number of rotatable bonds is 3. The van der Waals surface area contributed by atoms with Crippen LogP contribution >= 0.6 is 0 Å². The molecule has 102 valence electrons. The predicted octanol–water partition coefficient (Wildman–Crippen LogP) is 1.56. The summed E-state index contributed by atoms with van der Waals surface area (Å²) in [6.07, 6.45) is 0. The van der Waals surface area contributed by atoms with Gasteiger partial charge in [-0.15, -0.1) is 0 Å². The Hall–Kier alpha value is -2.88. The third-order valence-corrected chi connectivity index (χ3v) is 3.04. The molecule has 2 aromatic rings. The molecule has 0 atom stereocenters. The van der Waals surface area contributed by atoms with Crippen molar-refractivity contribution in [2.24, 2.45) is 22.9 Å². The zero-order chi connectivity index (χ0) is 14.5. The zero-order valence-electron chi connectivity index (χ0n) is 11.1. The molecule has 8 N–H and O–H groups in total. The molecule has 0 radical (unpaired) electrons. The molecule has 4 nitrogen and oxygen atoms in total. The molecule has 2 rings (SSSR count). The minimum absolute atomic E-state index is 0.289. The van der Waals surface area contributed by atoms with Gasteiger partial charge in [-0.05, 0) is 11.1 Å². The Balaban J connectivity index is 2.44.